The second-order valence-corrected chi connectivity index (χ2v) is 12.0. The van der Waals surface area contributed by atoms with Gasteiger partial charge in [-0.3, -0.25) is 9.59 Å². The van der Waals surface area contributed by atoms with Crippen molar-refractivity contribution in [2.75, 3.05) is 0 Å². The minimum Gasteiger partial charge on any atom is -0.459 e. The first-order valence-corrected chi connectivity index (χ1v) is 13.0. The van der Waals surface area contributed by atoms with E-state index < -0.39 is 70.1 Å². The van der Waals surface area contributed by atoms with Crippen LogP contribution in [0.5, 0.6) is 0 Å². The summed E-state index contributed by atoms with van der Waals surface area (Å²) < 4.78 is 11.9. The fraction of sp³-hybridized carbons (Fsp3) is 0.621. The highest BCUT2D eigenvalue weighted by Gasteiger charge is 2.72. The molecule has 0 heterocycles. The number of aliphatic hydroxyl groups excluding tert-OH is 3. The molecule has 0 spiro atoms. The van der Waals surface area contributed by atoms with Crippen LogP contribution < -0.4 is 0 Å². The van der Waals surface area contributed by atoms with E-state index in [0.29, 0.717) is 5.57 Å². The van der Waals surface area contributed by atoms with Crippen LogP contribution in [0.1, 0.15) is 71.2 Å². The third-order valence-electron chi connectivity index (χ3n) is 9.54. The Morgan fingerprint density at radius 2 is 1.63 bits per heavy atom. The van der Waals surface area contributed by atoms with Crippen molar-refractivity contribution in [1.29, 1.82) is 0 Å². The van der Waals surface area contributed by atoms with E-state index in [1.54, 1.807) is 58.0 Å². The minimum absolute atomic E-state index is 0.0665. The summed E-state index contributed by atoms with van der Waals surface area (Å²) in [4.78, 5) is 40.0. The highest BCUT2D eigenvalue weighted by Crippen LogP contribution is 2.61. The number of hydrogen-bond acceptors (Lipinski definition) is 9. The molecule has 2 bridgehead atoms. The number of aliphatic hydroxyl groups is 4. The highest BCUT2D eigenvalue weighted by molar-refractivity contribution is 5.94. The van der Waals surface area contributed by atoms with Crippen LogP contribution in [0.3, 0.4) is 0 Å². The topological polar surface area (TPSA) is 151 Å². The van der Waals surface area contributed by atoms with E-state index in [1.807, 2.05) is 0 Å². The Morgan fingerprint density at radius 3 is 2.21 bits per heavy atom. The third kappa shape index (κ3) is 3.94. The Bertz CT molecular complexity index is 1170. The van der Waals surface area contributed by atoms with Crippen molar-refractivity contribution in [3.8, 4) is 0 Å². The number of rotatable bonds is 3. The maximum atomic E-state index is 14.2. The first-order valence-electron chi connectivity index (χ1n) is 13.0. The fourth-order valence-corrected chi connectivity index (χ4v) is 7.38. The molecule has 0 aliphatic heterocycles. The zero-order chi connectivity index (χ0) is 28.4. The summed E-state index contributed by atoms with van der Waals surface area (Å²) in [6, 6.07) is 8.12. The summed E-state index contributed by atoms with van der Waals surface area (Å²) >= 11 is 0. The Labute approximate surface area is 222 Å². The predicted octanol–water partition coefficient (Wildman–Crippen LogP) is 2.09. The van der Waals surface area contributed by atoms with E-state index in [0.717, 1.165) is 0 Å². The van der Waals surface area contributed by atoms with E-state index in [1.165, 1.54) is 13.8 Å². The first-order chi connectivity index (χ1) is 17.5. The third-order valence-corrected chi connectivity index (χ3v) is 9.54. The summed E-state index contributed by atoms with van der Waals surface area (Å²) in [6.07, 6.45) is -5.94. The van der Waals surface area contributed by atoms with Gasteiger partial charge < -0.3 is 29.9 Å². The van der Waals surface area contributed by atoms with Crippen LogP contribution in [0.2, 0.25) is 0 Å². The number of carbonyl (C=O) groups is 3. The monoisotopic (exact) mass is 530 g/mol. The molecule has 1 aromatic carbocycles. The molecule has 1 aromatic rings. The molecule has 2 fully saturated rings. The second-order valence-electron chi connectivity index (χ2n) is 12.0. The summed E-state index contributed by atoms with van der Waals surface area (Å²) in [7, 11) is 0. The molecule has 4 N–H and O–H groups in total. The van der Waals surface area contributed by atoms with Gasteiger partial charge in [-0.1, -0.05) is 32.0 Å². The van der Waals surface area contributed by atoms with Crippen molar-refractivity contribution in [2.45, 2.75) is 96.4 Å². The SMILES string of the molecule is CC(=O)O[C@@]1(C)CC[C@H](O)[C@@]2(C)C(=O)[C@H](O)C3=C(C)[C@@H](O)C[C@@](O)([C@@H](OC(=O)c4ccccc4)[C@@H]21)C3(C)C. The lowest BCUT2D eigenvalue weighted by Crippen LogP contribution is -2.74. The molecular weight excluding hydrogens is 492 g/mol. The molecule has 0 aromatic heterocycles. The van der Waals surface area contributed by atoms with Gasteiger partial charge in [0.05, 0.1) is 29.1 Å². The van der Waals surface area contributed by atoms with Gasteiger partial charge in [0.25, 0.3) is 0 Å². The highest BCUT2D eigenvalue weighted by atomic mass is 16.6. The van der Waals surface area contributed by atoms with Crippen molar-refractivity contribution in [3.05, 3.63) is 47.0 Å². The van der Waals surface area contributed by atoms with Crippen LogP contribution in [0, 0.1) is 16.7 Å². The van der Waals surface area contributed by atoms with Crippen molar-refractivity contribution in [2.24, 2.45) is 16.7 Å². The molecule has 9 heteroatoms. The molecule has 208 valence electrons. The summed E-state index contributed by atoms with van der Waals surface area (Å²) in [6.45, 7) is 9.11. The molecule has 9 nitrogen and oxygen atoms in total. The van der Waals surface area contributed by atoms with Gasteiger partial charge in [0.1, 0.15) is 23.4 Å². The zero-order valence-electron chi connectivity index (χ0n) is 22.7. The number of Topliss-reactive ketones (excluding diaryl/α,β-unsaturated/α-hetero) is 1. The number of carbonyl (C=O) groups excluding carboxylic acids is 3. The summed E-state index contributed by atoms with van der Waals surface area (Å²) in [5, 5.41) is 46.5. The summed E-state index contributed by atoms with van der Waals surface area (Å²) in [5.74, 6) is -3.47. The standard InChI is InChI=1S/C29H38O9/c1-15-18(31)14-29(36)24(37-25(35)17-10-8-7-9-11-17)22-27(5,38-16(2)30)13-12-19(32)28(22,6)23(34)21(33)20(15)26(29,3)4/h7-11,18-19,21-22,24,31-33,36H,12-14H2,1-6H3/t18-,19-,21+,22+,24-,27-,28+,29+/m0/s1. The van der Waals surface area contributed by atoms with Crippen molar-refractivity contribution in [3.63, 3.8) is 0 Å². The Hall–Kier alpha value is -2.59. The normalized spacial score (nSPS) is 40.5. The van der Waals surface area contributed by atoms with Crippen LogP contribution in [0.25, 0.3) is 0 Å². The van der Waals surface area contributed by atoms with Crippen molar-refractivity contribution < 1.29 is 44.3 Å². The number of ether oxygens (including phenoxy) is 2. The molecule has 0 radical (unpaired) electrons. The lowest BCUT2D eigenvalue weighted by molar-refractivity contribution is -0.258. The van der Waals surface area contributed by atoms with Gasteiger partial charge in [-0.25, -0.2) is 4.79 Å². The molecule has 8 atom stereocenters. The first kappa shape index (κ1) is 28.4. The van der Waals surface area contributed by atoms with Crippen LogP contribution >= 0.6 is 0 Å². The van der Waals surface area contributed by atoms with Gasteiger partial charge in [0, 0.05) is 18.8 Å². The number of benzene rings is 1. The molecule has 3 aliphatic carbocycles. The zero-order valence-corrected chi connectivity index (χ0v) is 22.7. The number of esters is 2. The van der Waals surface area contributed by atoms with E-state index >= 15 is 0 Å². The van der Waals surface area contributed by atoms with Crippen LogP contribution in [0.4, 0.5) is 0 Å². The molecule has 0 unspecified atom stereocenters. The lowest BCUT2D eigenvalue weighted by atomic mass is 9.46. The van der Waals surface area contributed by atoms with Crippen LogP contribution in [0.15, 0.2) is 41.5 Å². The van der Waals surface area contributed by atoms with Crippen LogP contribution in [-0.4, -0.2) is 73.8 Å². The minimum atomic E-state index is -2.03. The fourth-order valence-electron chi connectivity index (χ4n) is 7.38. The van der Waals surface area contributed by atoms with Crippen LogP contribution in [-0.2, 0) is 19.1 Å². The number of fused-ring (bicyclic) bond motifs is 3. The maximum absolute atomic E-state index is 14.2. The van der Waals surface area contributed by atoms with E-state index in [2.05, 4.69) is 0 Å². The Kier molecular flexibility index (Phi) is 6.92. The molecule has 3 aliphatic rings. The van der Waals surface area contributed by atoms with Gasteiger partial charge in [-0.05, 0) is 56.9 Å². The van der Waals surface area contributed by atoms with Gasteiger partial charge in [0.2, 0.25) is 0 Å². The Balaban J connectivity index is 2.05. The van der Waals surface area contributed by atoms with Crippen molar-refractivity contribution >= 4 is 17.7 Å². The second kappa shape index (κ2) is 9.26. The predicted molar refractivity (Wildman–Crippen MR) is 136 cm³/mol. The molecule has 38 heavy (non-hydrogen) atoms. The van der Waals surface area contributed by atoms with E-state index in [-0.39, 0.29) is 30.4 Å². The van der Waals surface area contributed by atoms with Gasteiger partial charge >= 0.3 is 11.9 Å². The van der Waals surface area contributed by atoms with Gasteiger partial charge in [-0.15, -0.1) is 0 Å². The average Bonchev–Trinajstić information content (AvgIpc) is 2.83. The quantitative estimate of drug-likeness (QED) is 0.340. The molecule has 0 saturated heterocycles. The molecule has 0 amide bonds. The van der Waals surface area contributed by atoms with E-state index in [9.17, 15) is 34.8 Å². The van der Waals surface area contributed by atoms with E-state index in [4.69, 9.17) is 9.47 Å². The molecular formula is C29H38O9. The van der Waals surface area contributed by atoms with Gasteiger partial charge in [-0.2, -0.15) is 0 Å². The molecule has 2 saturated carbocycles. The number of ketones is 1. The smallest absolute Gasteiger partial charge is 0.338 e. The average molecular weight is 531 g/mol. The summed E-state index contributed by atoms with van der Waals surface area (Å²) in [5.41, 5.74) is -6.01. The lowest BCUT2D eigenvalue weighted by Gasteiger charge is -2.63. The van der Waals surface area contributed by atoms with Gasteiger partial charge in [0.15, 0.2) is 5.78 Å². The largest absolute Gasteiger partial charge is 0.459 e. The molecule has 4 rings (SSSR count). The maximum Gasteiger partial charge on any atom is 0.338 e. The van der Waals surface area contributed by atoms with Crippen molar-refractivity contribution in [1.82, 2.24) is 0 Å². The number of hydrogen-bond donors (Lipinski definition) is 4. The Morgan fingerprint density at radius 1 is 1.03 bits per heavy atom.